The van der Waals surface area contributed by atoms with Crippen molar-refractivity contribution in [2.24, 2.45) is 11.7 Å². The van der Waals surface area contributed by atoms with E-state index in [1.165, 1.54) is 18.2 Å². The van der Waals surface area contributed by atoms with Gasteiger partial charge in [-0.3, -0.25) is 4.79 Å². The largest absolute Gasteiger partial charge is 0.573 e. The summed E-state index contributed by atoms with van der Waals surface area (Å²) in [6, 6.07) is 5.60. The number of amides is 1. The molecule has 0 radical (unpaired) electrons. The summed E-state index contributed by atoms with van der Waals surface area (Å²) in [5, 5.41) is 0. The van der Waals surface area contributed by atoms with E-state index in [0.717, 1.165) is 12.1 Å². The molecule has 0 unspecified atom stereocenters. The van der Waals surface area contributed by atoms with Gasteiger partial charge in [-0.15, -0.1) is 13.2 Å². The highest BCUT2D eigenvalue weighted by Gasteiger charge is 2.31. The average Bonchev–Trinajstić information content (AvgIpc) is 2.74. The van der Waals surface area contributed by atoms with Crippen molar-refractivity contribution >= 4 is 5.91 Å². The molecule has 0 fully saturated rings. The van der Waals surface area contributed by atoms with Crippen LogP contribution in [-0.2, 0) is 6.54 Å². The number of alkyl halides is 3. The Bertz CT molecular complexity index is 808. The SMILES string of the molecule is Cc1c(C(N)=O)c(-c2cccc(OC(F)(F)F)c2)c(C)n1CCC(C)C. The third kappa shape index (κ3) is 4.39. The Labute approximate surface area is 150 Å². The van der Waals surface area contributed by atoms with E-state index in [2.05, 4.69) is 18.6 Å². The summed E-state index contributed by atoms with van der Waals surface area (Å²) in [6.45, 7) is 8.54. The quantitative estimate of drug-likeness (QED) is 0.795. The molecular weight excluding hydrogens is 345 g/mol. The summed E-state index contributed by atoms with van der Waals surface area (Å²) in [5.74, 6) is -0.469. The van der Waals surface area contributed by atoms with E-state index in [-0.39, 0.29) is 5.75 Å². The molecule has 0 bridgehead atoms. The third-order valence-corrected chi connectivity index (χ3v) is 4.32. The average molecular weight is 368 g/mol. The Morgan fingerprint density at radius 3 is 2.42 bits per heavy atom. The number of nitrogens with two attached hydrogens (primary N) is 1. The van der Waals surface area contributed by atoms with Gasteiger partial charge in [0, 0.05) is 23.5 Å². The number of rotatable bonds is 6. The number of carbonyl (C=O) groups is 1. The van der Waals surface area contributed by atoms with E-state index in [1.807, 2.05) is 11.5 Å². The van der Waals surface area contributed by atoms with Crippen LogP contribution >= 0.6 is 0 Å². The molecule has 0 aliphatic carbocycles. The monoisotopic (exact) mass is 368 g/mol. The zero-order chi connectivity index (χ0) is 19.6. The van der Waals surface area contributed by atoms with Crippen molar-refractivity contribution in [3.05, 3.63) is 41.2 Å². The number of benzene rings is 1. The molecule has 1 amide bonds. The maximum Gasteiger partial charge on any atom is 0.573 e. The van der Waals surface area contributed by atoms with Crippen molar-refractivity contribution in [3.8, 4) is 16.9 Å². The van der Waals surface area contributed by atoms with E-state index < -0.39 is 12.3 Å². The lowest BCUT2D eigenvalue weighted by Gasteiger charge is -2.12. The van der Waals surface area contributed by atoms with Gasteiger partial charge in [0.2, 0.25) is 0 Å². The second-order valence-electron chi connectivity index (χ2n) is 6.69. The Morgan fingerprint density at radius 1 is 1.23 bits per heavy atom. The van der Waals surface area contributed by atoms with Crippen LogP contribution in [0.25, 0.3) is 11.1 Å². The lowest BCUT2D eigenvalue weighted by Crippen LogP contribution is -2.17. The number of hydrogen-bond acceptors (Lipinski definition) is 2. The first-order valence-corrected chi connectivity index (χ1v) is 8.37. The van der Waals surface area contributed by atoms with Gasteiger partial charge in [-0.1, -0.05) is 26.0 Å². The predicted octanol–water partition coefficient (Wildman–Crippen LogP) is 4.82. The molecule has 1 aromatic heterocycles. The Balaban J connectivity index is 2.56. The van der Waals surface area contributed by atoms with Gasteiger partial charge < -0.3 is 15.0 Å². The van der Waals surface area contributed by atoms with Crippen molar-refractivity contribution in [2.75, 3.05) is 0 Å². The summed E-state index contributed by atoms with van der Waals surface area (Å²) in [4.78, 5) is 12.0. The summed E-state index contributed by atoms with van der Waals surface area (Å²) in [5.41, 5.74) is 8.41. The first-order valence-electron chi connectivity index (χ1n) is 8.37. The highest BCUT2D eigenvalue weighted by molar-refractivity contribution is 6.02. The highest BCUT2D eigenvalue weighted by Crippen LogP contribution is 2.35. The van der Waals surface area contributed by atoms with E-state index in [4.69, 9.17) is 5.73 Å². The van der Waals surface area contributed by atoms with Gasteiger partial charge in [-0.25, -0.2) is 0 Å². The smallest absolute Gasteiger partial charge is 0.406 e. The first-order chi connectivity index (χ1) is 12.0. The predicted molar refractivity (Wildman–Crippen MR) is 94.0 cm³/mol. The number of primary amides is 1. The molecule has 26 heavy (non-hydrogen) atoms. The molecule has 2 aromatic rings. The fourth-order valence-electron chi connectivity index (χ4n) is 3.11. The number of nitrogens with zero attached hydrogens (tertiary/aromatic N) is 1. The molecule has 2 N–H and O–H groups in total. The van der Waals surface area contributed by atoms with Crippen LogP contribution < -0.4 is 10.5 Å². The van der Waals surface area contributed by atoms with Crippen molar-refractivity contribution in [2.45, 2.75) is 47.0 Å². The minimum absolute atomic E-state index is 0.329. The summed E-state index contributed by atoms with van der Waals surface area (Å²) in [6.07, 6.45) is -3.87. The minimum Gasteiger partial charge on any atom is -0.406 e. The minimum atomic E-state index is -4.78. The molecule has 4 nitrogen and oxygen atoms in total. The van der Waals surface area contributed by atoms with Crippen molar-refractivity contribution in [3.63, 3.8) is 0 Å². The molecule has 0 aliphatic rings. The highest BCUT2D eigenvalue weighted by atomic mass is 19.4. The van der Waals surface area contributed by atoms with Gasteiger partial charge >= 0.3 is 6.36 Å². The second-order valence-corrected chi connectivity index (χ2v) is 6.69. The van der Waals surface area contributed by atoms with Gasteiger partial charge in [0.25, 0.3) is 5.91 Å². The van der Waals surface area contributed by atoms with Crippen LogP contribution in [0.5, 0.6) is 5.75 Å². The normalized spacial score (nSPS) is 11.8. The van der Waals surface area contributed by atoms with Crippen molar-refractivity contribution in [1.82, 2.24) is 4.57 Å². The number of hydrogen-bond donors (Lipinski definition) is 1. The molecule has 0 aliphatic heterocycles. The van der Waals surface area contributed by atoms with Crippen LogP contribution in [-0.4, -0.2) is 16.8 Å². The first kappa shape index (κ1) is 19.9. The lowest BCUT2D eigenvalue weighted by atomic mass is 10.00. The lowest BCUT2D eigenvalue weighted by molar-refractivity contribution is -0.274. The maximum atomic E-state index is 12.5. The van der Waals surface area contributed by atoms with Crippen molar-refractivity contribution in [1.29, 1.82) is 0 Å². The van der Waals surface area contributed by atoms with Gasteiger partial charge in [0.05, 0.1) is 5.56 Å². The van der Waals surface area contributed by atoms with Crippen LogP contribution in [0.4, 0.5) is 13.2 Å². The molecular formula is C19H23F3N2O2. The maximum absolute atomic E-state index is 12.5. The number of carbonyl (C=O) groups excluding carboxylic acids is 1. The van der Waals surface area contributed by atoms with Crippen LogP contribution in [0, 0.1) is 19.8 Å². The summed E-state index contributed by atoms with van der Waals surface area (Å²) in [7, 11) is 0. The van der Waals surface area contributed by atoms with Crippen LogP contribution in [0.2, 0.25) is 0 Å². The topological polar surface area (TPSA) is 57.3 Å². The van der Waals surface area contributed by atoms with E-state index in [0.29, 0.717) is 34.8 Å². The standard InChI is InChI=1S/C19H23F3N2O2/c1-11(2)8-9-24-12(3)16(17(13(24)4)18(23)25)14-6-5-7-15(10-14)26-19(20,21)22/h5-7,10-11H,8-9H2,1-4H3,(H2,23,25). The molecule has 0 spiro atoms. The summed E-state index contributed by atoms with van der Waals surface area (Å²) < 4.78 is 43.5. The number of ether oxygens (including phenoxy) is 1. The van der Waals surface area contributed by atoms with E-state index in [9.17, 15) is 18.0 Å². The molecule has 7 heteroatoms. The molecule has 2 rings (SSSR count). The van der Waals surface area contributed by atoms with Crippen molar-refractivity contribution < 1.29 is 22.7 Å². The third-order valence-electron chi connectivity index (χ3n) is 4.32. The number of halogens is 3. The van der Waals surface area contributed by atoms with Crippen LogP contribution in [0.3, 0.4) is 0 Å². The van der Waals surface area contributed by atoms with Gasteiger partial charge in [0.1, 0.15) is 5.75 Å². The van der Waals surface area contributed by atoms with E-state index >= 15 is 0 Å². The molecule has 1 aromatic carbocycles. The van der Waals surface area contributed by atoms with Crippen LogP contribution in [0.15, 0.2) is 24.3 Å². The summed E-state index contributed by atoms with van der Waals surface area (Å²) >= 11 is 0. The Kier molecular flexibility index (Phi) is 5.68. The second kappa shape index (κ2) is 7.43. The fraction of sp³-hybridized carbons (Fsp3) is 0.421. The van der Waals surface area contributed by atoms with Crippen LogP contribution in [0.1, 0.15) is 42.0 Å². The van der Waals surface area contributed by atoms with Gasteiger partial charge in [0.15, 0.2) is 0 Å². The Morgan fingerprint density at radius 2 is 1.88 bits per heavy atom. The molecule has 0 saturated heterocycles. The zero-order valence-electron chi connectivity index (χ0n) is 15.3. The Hall–Kier alpha value is -2.44. The zero-order valence-corrected chi connectivity index (χ0v) is 15.3. The van der Waals surface area contributed by atoms with E-state index in [1.54, 1.807) is 13.0 Å². The molecule has 1 heterocycles. The molecule has 142 valence electrons. The van der Waals surface area contributed by atoms with Gasteiger partial charge in [-0.2, -0.15) is 0 Å². The molecule has 0 atom stereocenters. The molecule has 0 saturated carbocycles. The number of aromatic nitrogens is 1. The van der Waals surface area contributed by atoms with Gasteiger partial charge in [-0.05, 0) is 43.9 Å². The fourth-order valence-corrected chi connectivity index (χ4v) is 3.11.